The van der Waals surface area contributed by atoms with Crippen LogP contribution in [-0.4, -0.2) is 54.9 Å². The number of hydrogen-bond acceptors (Lipinski definition) is 6. The van der Waals surface area contributed by atoms with Gasteiger partial charge in [-0.3, -0.25) is 4.79 Å². The van der Waals surface area contributed by atoms with E-state index >= 15 is 0 Å². The van der Waals surface area contributed by atoms with Crippen LogP contribution in [0.2, 0.25) is 0 Å². The van der Waals surface area contributed by atoms with Gasteiger partial charge >= 0.3 is 0 Å². The van der Waals surface area contributed by atoms with Gasteiger partial charge < -0.3 is 9.42 Å². The maximum atomic E-state index is 12.8. The lowest BCUT2D eigenvalue weighted by molar-refractivity contribution is 0.0687. The van der Waals surface area contributed by atoms with Crippen LogP contribution in [-0.2, 0) is 10.0 Å². The number of amides is 1. The predicted octanol–water partition coefficient (Wildman–Crippen LogP) is 3.31. The maximum Gasteiger partial charge on any atom is 0.276 e. The van der Waals surface area contributed by atoms with E-state index in [4.69, 9.17) is 4.52 Å². The van der Waals surface area contributed by atoms with Crippen LogP contribution < -0.4 is 0 Å². The molecule has 0 bridgehead atoms. The Hall–Kier alpha value is -2.01. The molecule has 3 heterocycles. The van der Waals surface area contributed by atoms with Crippen molar-refractivity contribution in [2.45, 2.75) is 4.90 Å². The lowest BCUT2D eigenvalue weighted by atomic mass is 10.2. The van der Waals surface area contributed by atoms with E-state index in [1.54, 1.807) is 35.2 Å². The van der Waals surface area contributed by atoms with Gasteiger partial charge in [-0.1, -0.05) is 27.2 Å². The number of halogens is 1. The zero-order valence-electron chi connectivity index (χ0n) is 14.6. The van der Waals surface area contributed by atoms with Gasteiger partial charge in [0.15, 0.2) is 11.5 Å². The van der Waals surface area contributed by atoms with Crippen molar-refractivity contribution < 1.29 is 17.7 Å². The summed E-state index contributed by atoms with van der Waals surface area (Å²) in [7, 11) is -3.58. The van der Waals surface area contributed by atoms with Crippen molar-refractivity contribution in [3.05, 3.63) is 58.0 Å². The van der Waals surface area contributed by atoms with Crippen molar-refractivity contribution in [1.29, 1.82) is 0 Å². The summed E-state index contributed by atoms with van der Waals surface area (Å²) in [5.74, 6) is 0.294. The van der Waals surface area contributed by atoms with Gasteiger partial charge in [-0.15, -0.1) is 11.3 Å². The molecule has 0 aliphatic carbocycles. The Bertz CT molecular complexity index is 1070. The van der Waals surface area contributed by atoms with Crippen LogP contribution >= 0.6 is 27.3 Å². The summed E-state index contributed by atoms with van der Waals surface area (Å²) in [6.45, 7) is 1.07. The molecule has 7 nitrogen and oxygen atoms in total. The highest BCUT2D eigenvalue weighted by molar-refractivity contribution is 9.10. The molecular weight excluding hydrogens is 466 g/mol. The highest BCUT2D eigenvalue weighted by atomic mass is 79.9. The molecule has 1 aliphatic rings. The molecule has 1 aliphatic heterocycles. The van der Waals surface area contributed by atoms with Crippen LogP contribution in [0.25, 0.3) is 10.6 Å². The molecule has 1 amide bonds. The fraction of sp³-hybridized carbons (Fsp3) is 0.222. The number of thiophene rings is 1. The quantitative estimate of drug-likeness (QED) is 0.570. The molecule has 1 aromatic carbocycles. The van der Waals surface area contributed by atoms with Gasteiger partial charge in [-0.05, 0) is 35.7 Å². The molecular formula is C18H16BrN3O4S2. The fourth-order valence-corrected chi connectivity index (χ4v) is 5.32. The van der Waals surface area contributed by atoms with E-state index in [0.717, 1.165) is 9.35 Å². The smallest absolute Gasteiger partial charge is 0.276 e. The van der Waals surface area contributed by atoms with Crippen molar-refractivity contribution in [1.82, 2.24) is 14.4 Å². The second-order valence-electron chi connectivity index (χ2n) is 6.20. The van der Waals surface area contributed by atoms with Crippen molar-refractivity contribution in [2.24, 2.45) is 0 Å². The van der Waals surface area contributed by atoms with Gasteiger partial charge in [-0.25, -0.2) is 8.42 Å². The van der Waals surface area contributed by atoms with Crippen molar-refractivity contribution in [3.8, 4) is 10.6 Å². The molecule has 28 heavy (non-hydrogen) atoms. The first kappa shape index (κ1) is 19.3. The van der Waals surface area contributed by atoms with E-state index in [1.165, 1.54) is 15.6 Å². The summed E-state index contributed by atoms with van der Waals surface area (Å²) in [5.41, 5.74) is 0.229. The average Bonchev–Trinajstić information content (AvgIpc) is 3.39. The van der Waals surface area contributed by atoms with E-state index in [-0.39, 0.29) is 29.6 Å². The summed E-state index contributed by atoms with van der Waals surface area (Å²) in [6.07, 6.45) is 0. The molecule has 146 valence electrons. The molecule has 0 N–H and O–H groups in total. The average molecular weight is 482 g/mol. The van der Waals surface area contributed by atoms with E-state index in [1.807, 2.05) is 17.5 Å². The zero-order valence-corrected chi connectivity index (χ0v) is 17.8. The second-order valence-corrected chi connectivity index (χ2v) is 10.0. The van der Waals surface area contributed by atoms with E-state index in [0.29, 0.717) is 18.8 Å². The van der Waals surface area contributed by atoms with Gasteiger partial charge in [0.2, 0.25) is 10.0 Å². The van der Waals surface area contributed by atoms with Crippen molar-refractivity contribution >= 4 is 43.2 Å². The number of hydrogen-bond donors (Lipinski definition) is 0. The lowest BCUT2D eigenvalue weighted by Crippen LogP contribution is -2.50. The van der Waals surface area contributed by atoms with E-state index < -0.39 is 10.0 Å². The van der Waals surface area contributed by atoms with Crippen LogP contribution in [0.4, 0.5) is 0 Å². The van der Waals surface area contributed by atoms with Crippen LogP contribution in [0.1, 0.15) is 10.5 Å². The lowest BCUT2D eigenvalue weighted by Gasteiger charge is -2.33. The minimum Gasteiger partial charge on any atom is -0.355 e. The third-order valence-electron chi connectivity index (χ3n) is 4.47. The highest BCUT2D eigenvalue weighted by Gasteiger charge is 2.31. The Labute approximate surface area is 174 Å². The van der Waals surface area contributed by atoms with Crippen molar-refractivity contribution in [3.63, 3.8) is 0 Å². The molecule has 2 aromatic heterocycles. The summed E-state index contributed by atoms with van der Waals surface area (Å²) < 4.78 is 33.0. The largest absolute Gasteiger partial charge is 0.355 e. The first-order chi connectivity index (χ1) is 13.4. The van der Waals surface area contributed by atoms with Gasteiger partial charge in [0.1, 0.15) is 0 Å². The van der Waals surface area contributed by atoms with Crippen LogP contribution in [0.15, 0.2) is 61.7 Å². The Morgan fingerprint density at radius 3 is 2.46 bits per heavy atom. The van der Waals surface area contributed by atoms with E-state index in [9.17, 15) is 13.2 Å². The third-order valence-corrected chi connectivity index (χ3v) is 7.80. The Morgan fingerprint density at radius 1 is 1.11 bits per heavy atom. The standard InChI is InChI=1S/C18H16BrN3O4S2/c19-13-3-5-14(6-4-13)28(24,25)22-9-7-21(8-10-22)18(23)15-12-16(26-20-15)17-2-1-11-27-17/h1-6,11-12H,7-10H2. The van der Waals surface area contributed by atoms with Gasteiger partial charge in [-0.2, -0.15) is 4.31 Å². The summed E-state index contributed by atoms with van der Waals surface area (Å²) in [4.78, 5) is 15.4. The molecule has 0 radical (unpaired) electrons. The number of piperazine rings is 1. The second kappa shape index (κ2) is 7.78. The summed E-state index contributed by atoms with van der Waals surface area (Å²) >= 11 is 4.81. The zero-order chi connectivity index (χ0) is 19.7. The van der Waals surface area contributed by atoms with Crippen molar-refractivity contribution in [2.75, 3.05) is 26.2 Å². The molecule has 3 aromatic rings. The third kappa shape index (κ3) is 3.77. The summed E-state index contributed by atoms with van der Waals surface area (Å²) in [5, 5.41) is 5.80. The number of carbonyl (C=O) groups excluding carboxylic acids is 1. The Morgan fingerprint density at radius 2 is 1.82 bits per heavy atom. The molecule has 0 unspecified atom stereocenters. The highest BCUT2D eigenvalue weighted by Crippen LogP contribution is 2.26. The Balaban J connectivity index is 1.42. The summed E-state index contributed by atoms with van der Waals surface area (Å²) in [6, 6.07) is 11.9. The van der Waals surface area contributed by atoms with Gasteiger partial charge in [0.05, 0.1) is 9.77 Å². The normalized spacial score (nSPS) is 15.7. The minimum absolute atomic E-state index is 0.229. The fourth-order valence-electron chi connectivity index (χ4n) is 2.96. The molecule has 0 saturated carbocycles. The molecule has 10 heteroatoms. The number of sulfonamides is 1. The molecule has 0 atom stereocenters. The molecule has 1 fully saturated rings. The number of nitrogens with zero attached hydrogens (tertiary/aromatic N) is 3. The first-order valence-electron chi connectivity index (χ1n) is 8.51. The van der Waals surface area contributed by atoms with Gasteiger partial charge in [0.25, 0.3) is 5.91 Å². The maximum absolute atomic E-state index is 12.8. The number of carbonyl (C=O) groups is 1. The Kier molecular flexibility index (Phi) is 5.37. The first-order valence-corrected chi connectivity index (χ1v) is 11.6. The SMILES string of the molecule is O=C(c1cc(-c2cccs2)on1)N1CCN(S(=O)(=O)c2ccc(Br)cc2)CC1. The van der Waals surface area contributed by atoms with Crippen LogP contribution in [0, 0.1) is 0 Å². The number of rotatable bonds is 4. The van der Waals surface area contributed by atoms with Crippen LogP contribution in [0.3, 0.4) is 0 Å². The van der Waals surface area contributed by atoms with Gasteiger partial charge in [0, 0.05) is 36.7 Å². The predicted molar refractivity (Wildman–Crippen MR) is 109 cm³/mol. The van der Waals surface area contributed by atoms with Crippen LogP contribution in [0.5, 0.6) is 0 Å². The number of benzene rings is 1. The number of aromatic nitrogens is 1. The molecule has 4 rings (SSSR count). The minimum atomic E-state index is -3.58. The van der Waals surface area contributed by atoms with E-state index in [2.05, 4.69) is 21.1 Å². The monoisotopic (exact) mass is 481 g/mol. The molecule has 0 spiro atoms. The molecule has 1 saturated heterocycles. The topological polar surface area (TPSA) is 83.7 Å².